The van der Waals surface area contributed by atoms with Gasteiger partial charge in [0.1, 0.15) is 5.78 Å². The maximum absolute atomic E-state index is 11.7. The summed E-state index contributed by atoms with van der Waals surface area (Å²) < 4.78 is 0. The molecule has 2 bridgehead atoms. The van der Waals surface area contributed by atoms with Crippen LogP contribution in [0.3, 0.4) is 0 Å². The van der Waals surface area contributed by atoms with E-state index in [1.54, 1.807) is 0 Å². The van der Waals surface area contributed by atoms with Crippen molar-refractivity contribution in [2.45, 2.75) is 31.3 Å². The number of hydrogen-bond acceptors (Lipinski definition) is 2. The van der Waals surface area contributed by atoms with Gasteiger partial charge in [0.25, 0.3) is 0 Å². The second kappa shape index (κ2) is 2.24. The smallest absolute Gasteiger partial charge is 0.139 e. The first-order valence-corrected chi connectivity index (χ1v) is 5.15. The SMILES string of the molecule is O=C1CCC[C@]2(O)[C@@H]3C=C[C@@H](C3)[C@H]12. The van der Waals surface area contributed by atoms with Gasteiger partial charge in [-0.25, -0.2) is 0 Å². The van der Waals surface area contributed by atoms with E-state index in [0.717, 1.165) is 19.3 Å². The summed E-state index contributed by atoms with van der Waals surface area (Å²) in [6, 6.07) is 0. The van der Waals surface area contributed by atoms with E-state index in [-0.39, 0.29) is 11.8 Å². The molecule has 0 saturated heterocycles. The normalized spacial score (nSPS) is 52.7. The van der Waals surface area contributed by atoms with Crippen LogP contribution in [0.2, 0.25) is 0 Å². The van der Waals surface area contributed by atoms with Crippen molar-refractivity contribution < 1.29 is 9.90 Å². The Morgan fingerprint density at radius 2 is 2.31 bits per heavy atom. The minimum Gasteiger partial charge on any atom is -0.389 e. The van der Waals surface area contributed by atoms with Gasteiger partial charge >= 0.3 is 0 Å². The minimum absolute atomic E-state index is 0.0590. The van der Waals surface area contributed by atoms with Crippen LogP contribution in [0.15, 0.2) is 12.2 Å². The van der Waals surface area contributed by atoms with Gasteiger partial charge in [0.2, 0.25) is 0 Å². The quantitative estimate of drug-likeness (QED) is 0.567. The molecule has 0 aromatic rings. The van der Waals surface area contributed by atoms with Crippen LogP contribution in [0.5, 0.6) is 0 Å². The number of fused-ring (bicyclic) bond motifs is 5. The van der Waals surface area contributed by atoms with Gasteiger partial charge in [0, 0.05) is 12.3 Å². The standard InChI is InChI=1S/C11H14O2/c12-9-2-1-5-11(13)8-4-3-7(6-8)10(9)11/h3-4,7-8,10,13H,1-2,5-6H2/t7-,8+,10+,11-/m0/s1. The van der Waals surface area contributed by atoms with Crippen LogP contribution in [0.1, 0.15) is 25.7 Å². The maximum atomic E-state index is 11.7. The van der Waals surface area contributed by atoms with E-state index in [1.165, 1.54) is 0 Å². The molecule has 2 fully saturated rings. The van der Waals surface area contributed by atoms with Gasteiger partial charge in [-0.3, -0.25) is 4.79 Å². The molecule has 0 radical (unpaired) electrons. The molecule has 3 aliphatic carbocycles. The van der Waals surface area contributed by atoms with Crippen molar-refractivity contribution in [3.63, 3.8) is 0 Å². The lowest BCUT2D eigenvalue weighted by Gasteiger charge is -2.39. The Hall–Kier alpha value is -0.630. The zero-order chi connectivity index (χ0) is 9.05. The molecule has 0 heterocycles. The van der Waals surface area contributed by atoms with Gasteiger partial charge < -0.3 is 5.11 Å². The lowest BCUT2D eigenvalue weighted by Crippen LogP contribution is -2.48. The van der Waals surface area contributed by atoms with Gasteiger partial charge in [-0.05, 0) is 25.2 Å². The number of rotatable bonds is 0. The van der Waals surface area contributed by atoms with Crippen molar-refractivity contribution in [3.8, 4) is 0 Å². The minimum atomic E-state index is -0.658. The third kappa shape index (κ3) is 0.798. The second-order valence-corrected chi connectivity index (χ2v) is 4.68. The predicted molar refractivity (Wildman–Crippen MR) is 48.0 cm³/mol. The summed E-state index contributed by atoms with van der Waals surface area (Å²) in [7, 11) is 0. The Morgan fingerprint density at radius 3 is 3.08 bits per heavy atom. The number of allylic oxidation sites excluding steroid dienone is 1. The van der Waals surface area contributed by atoms with E-state index in [9.17, 15) is 9.90 Å². The third-order valence-electron chi connectivity index (χ3n) is 4.07. The van der Waals surface area contributed by atoms with Gasteiger partial charge in [0.05, 0.1) is 11.5 Å². The summed E-state index contributed by atoms with van der Waals surface area (Å²) in [5.74, 6) is 0.858. The second-order valence-electron chi connectivity index (χ2n) is 4.68. The zero-order valence-corrected chi connectivity index (χ0v) is 7.57. The number of ketones is 1. The van der Waals surface area contributed by atoms with Gasteiger partial charge in [-0.2, -0.15) is 0 Å². The first-order valence-electron chi connectivity index (χ1n) is 5.15. The molecular formula is C11H14O2. The summed E-state index contributed by atoms with van der Waals surface area (Å²) in [6.07, 6.45) is 7.64. The van der Waals surface area contributed by atoms with E-state index in [1.807, 2.05) is 0 Å². The lowest BCUT2D eigenvalue weighted by molar-refractivity contribution is -0.139. The highest BCUT2D eigenvalue weighted by Gasteiger charge is 2.58. The Labute approximate surface area is 77.6 Å². The lowest BCUT2D eigenvalue weighted by atomic mass is 9.69. The molecule has 2 nitrogen and oxygen atoms in total. The van der Waals surface area contributed by atoms with Crippen molar-refractivity contribution in [1.29, 1.82) is 0 Å². The van der Waals surface area contributed by atoms with Crippen molar-refractivity contribution in [2.75, 3.05) is 0 Å². The van der Waals surface area contributed by atoms with Crippen LogP contribution in [0.4, 0.5) is 0 Å². The topological polar surface area (TPSA) is 37.3 Å². The van der Waals surface area contributed by atoms with Crippen LogP contribution in [0.25, 0.3) is 0 Å². The summed E-state index contributed by atoms with van der Waals surface area (Å²) >= 11 is 0. The highest BCUT2D eigenvalue weighted by Crippen LogP contribution is 2.55. The van der Waals surface area contributed by atoms with Gasteiger partial charge in [-0.1, -0.05) is 12.2 Å². The highest BCUT2D eigenvalue weighted by atomic mass is 16.3. The summed E-state index contributed by atoms with van der Waals surface area (Å²) in [5, 5.41) is 10.4. The average molecular weight is 178 g/mol. The zero-order valence-electron chi connectivity index (χ0n) is 7.57. The Morgan fingerprint density at radius 1 is 1.46 bits per heavy atom. The summed E-state index contributed by atoms with van der Waals surface area (Å²) in [4.78, 5) is 11.7. The van der Waals surface area contributed by atoms with Crippen LogP contribution < -0.4 is 0 Å². The van der Waals surface area contributed by atoms with Crippen LogP contribution in [0, 0.1) is 17.8 Å². The average Bonchev–Trinajstić information content (AvgIpc) is 2.62. The van der Waals surface area contributed by atoms with Crippen LogP contribution >= 0.6 is 0 Å². The molecule has 0 spiro atoms. The van der Waals surface area contributed by atoms with E-state index < -0.39 is 5.60 Å². The molecule has 1 N–H and O–H groups in total. The van der Waals surface area contributed by atoms with E-state index in [4.69, 9.17) is 0 Å². The van der Waals surface area contributed by atoms with Crippen LogP contribution in [-0.2, 0) is 4.79 Å². The molecule has 2 saturated carbocycles. The fraction of sp³-hybridized carbons (Fsp3) is 0.727. The molecule has 4 atom stereocenters. The van der Waals surface area contributed by atoms with E-state index in [0.29, 0.717) is 18.1 Å². The molecule has 3 aliphatic rings. The van der Waals surface area contributed by atoms with Crippen molar-refractivity contribution in [2.24, 2.45) is 17.8 Å². The molecule has 0 amide bonds. The number of Topliss-reactive ketones (excluding diaryl/α,β-unsaturated/α-hetero) is 1. The predicted octanol–water partition coefficient (Wildman–Crippen LogP) is 1.29. The van der Waals surface area contributed by atoms with Gasteiger partial charge in [-0.15, -0.1) is 0 Å². The first-order chi connectivity index (χ1) is 6.22. The largest absolute Gasteiger partial charge is 0.389 e. The molecule has 2 heteroatoms. The van der Waals surface area contributed by atoms with E-state index in [2.05, 4.69) is 12.2 Å². The fourth-order valence-corrected chi connectivity index (χ4v) is 3.51. The number of hydrogen-bond donors (Lipinski definition) is 1. The van der Waals surface area contributed by atoms with Crippen LogP contribution in [-0.4, -0.2) is 16.5 Å². The van der Waals surface area contributed by atoms with Crippen molar-refractivity contribution >= 4 is 5.78 Å². The van der Waals surface area contributed by atoms with E-state index >= 15 is 0 Å². The monoisotopic (exact) mass is 178 g/mol. The first kappa shape index (κ1) is 7.74. The number of carbonyl (C=O) groups excluding carboxylic acids is 1. The Balaban J connectivity index is 2.05. The Bertz CT molecular complexity index is 294. The molecule has 0 aromatic heterocycles. The number of aliphatic hydroxyl groups is 1. The molecular weight excluding hydrogens is 164 g/mol. The number of carbonyl (C=O) groups is 1. The molecule has 0 aromatic carbocycles. The summed E-state index contributed by atoms with van der Waals surface area (Å²) in [5.41, 5.74) is -0.658. The Kier molecular flexibility index (Phi) is 1.33. The molecule has 70 valence electrons. The molecule has 0 unspecified atom stereocenters. The van der Waals surface area contributed by atoms with Crippen molar-refractivity contribution in [3.05, 3.63) is 12.2 Å². The van der Waals surface area contributed by atoms with Gasteiger partial charge in [0.15, 0.2) is 0 Å². The highest BCUT2D eigenvalue weighted by molar-refractivity contribution is 5.84. The third-order valence-corrected chi connectivity index (χ3v) is 4.07. The van der Waals surface area contributed by atoms with Crippen molar-refractivity contribution in [1.82, 2.24) is 0 Å². The molecule has 3 rings (SSSR count). The molecule has 13 heavy (non-hydrogen) atoms. The fourth-order valence-electron chi connectivity index (χ4n) is 3.51. The molecule has 0 aliphatic heterocycles. The summed E-state index contributed by atoms with van der Waals surface area (Å²) in [6.45, 7) is 0. The maximum Gasteiger partial charge on any atom is 0.139 e.